The Kier molecular flexibility index (Phi) is 5.52. The standard InChI is InChI=1S/C22H21N3OS3/c1-4-9-24-20(26)19(29-22(24)27)11-15-10-13(2)25(14(15)3)21-17(12-23)16-7-5-6-8-18(16)28-21/h4,10-11H,1,5-9H2,2-3H3/b19-11+. The van der Waals surface area contributed by atoms with Gasteiger partial charge in [0.25, 0.3) is 5.91 Å². The second-order valence-electron chi connectivity index (χ2n) is 7.25. The van der Waals surface area contributed by atoms with Crippen LogP contribution in [0.4, 0.5) is 0 Å². The molecule has 1 fully saturated rings. The molecule has 0 N–H and O–H groups in total. The molecule has 2 aliphatic rings. The summed E-state index contributed by atoms with van der Waals surface area (Å²) in [5, 5.41) is 10.8. The van der Waals surface area contributed by atoms with Gasteiger partial charge in [0.1, 0.15) is 15.4 Å². The highest BCUT2D eigenvalue weighted by molar-refractivity contribution is 8.26. The van der Waals surface area contributed by atoms with E-state index < -0.39 is 0 Å². The van der Waals surface area contributed by atoms with Gasteiger partial charge in [-0.05, 0) is 62.8 Å². The molecule has 7 heteroatoms. The topological polar surface area (TPSA) is 49.0 Å². The predicted octanol–water partition coefficient (Wildman–Crippen LogP) is 5.29. The quantitative estimate of drug-likeness (QED) is 0.369. The van der Waals surface area contributed by atoms with Gasteiger partial charge < -0.3 is 4.57 Å². The van der Waals surface area contributed by atoms with Gasteiger partial charge in [0.15, 0.2) is 0 Å². The summed E-state index contributed by atoms with van der Waals surface area (Å²) in [6.45, 7) is 8.22. The zero-order valence-corrected chi connectivity index (χ0v) is 18.9. The Bertz CT molecular complexity index is 1110. The lowest BCUT2D eigenvalue weighted by atomic mass is 9.96. The summed E-state index contributed by atoms with van der Waals surface area (Å²) in [6, 6.07) is 4.53. The van der Waals surface area contributed by atoms with Crippen LogP contribution in [0.2, 0.25) is 0 Å². The molecule has 29 heavy (non-hydrogen) atoms. The van der Waals surface area contributed by atoms with E-state index >= 15 is 0 Å². The van der Waals surface area contributed by atoms with E-state index in [0.29, 0.717) is 15.8 Å². The number of carbonyl (C=O) groups excluding carboxylic acids is 1. The summed E-state index contributed by atoms with van der Waals surface area (Å²) >= 11 is 8.41. The van der Waals surface area contributed by atoms with Crippen molar-refractivity contribution in [1.29, 1.82) is 5.26 Å². The third kappa shape index (κ3) is 3.39. The van der Waals surface area contributed by atoms with Crippen molar-refractivity contribution in [1.82, 2.24) is 9.47 Å². The highest BCUT2D eigenvalue weighted by Gasteiger charge is 2.31. The van der Waals surface area contributed by atoms with E-state index in [1.54, 1.807) is 22.3 Å². The molecule has 3 heterocycles. The summed E-state index contributed by atoms with van der Waals surface area (Å²) < 4.78 is 2.73. The summed E-state index contributed by atoms with van der Waals surface area (Å²) in [5.41, 5.74) is 5.13. The van der Waals surface area contributed by atoms with Crippen LogP contribution in [0.1, 0.15) is 45.8 Å². The van der Waals surface area contributed by atoms with Crippen molar-refractivity contribution in [3.05, 3.63) is 56.6 Å². The molecule has 2 aromatic rings. The van der Waals surface area contributed by atoms with Crippen molar-refractivity contribution in [2.45, 2.75) is 39.5 Å². The first kappa shape index (κ1) is 20.1. The number of nitriles is 1. The molecule has 148 valence electrons. The smallest absolute Gasteiger partial charge is 0.266 e. The summed E-state index contributed by atoms with van der Waals surface area (Å²) in [7, 11) is 0. The van der Waals surface area contributed by atoms with Crippen molar-refractivity contribution in [3.8, 4) is 11.1 Å². The minimum absolute atomic E-state index is 0.0750. The first-order valence-electron chi connectivity index (χ1n) is 9.56. The maximum Gasteiger partial charge on any atom is 0.266 e. The molecule has 0 saturated carbocycles. The Morgan fingerprint density at radius 1 is 1.34 bits per heavy atom. The molecule has 4 nitrogen and oxygen atoms in total. The third-order valence-electron chi connectivity index (χ3n) is 5.41. The number of hydrogen-bond acceptors (Lipinski definition) is 5. The fourth-order valence-electron chi connectivity index (χ4n) is 4.00. The van der Waals surface area contributed by atoms with Crippen molar-refractivity contribution in [2.24, 2.45) is 0 Å². The fraction of sp³-hybridized carbons (Fsp3) is 0.318. The number of nitrogens with zero attached hydrogens (tertiary/aromatic N) is 3. The Morgan fingerprint density at radius 3 is 2.83 bits per heavy atom. The number of aryl methyl sites for hydroxylation is 2. The molecular formula is C22H21N3OS3. The van der Waals surface area contributed by atoms with Gasteiger partial charge in [-0.3, -0.25) is 9.69 Å². The Labute approximate surface area is 184 Å². The molecule has 1 aliphatic heterocycles. The molecule has 1 amide bonds. The van der Waals surface area contributed by atoms with E-state index in [0.717, 1.165) is 46.8 Å². The summed E-state index contributed by atoms with van der Waals surface area (Å²) in [6.07, 6.45) is 8.00. The first-order valence-corrected chi connectivity index (χ1v) is 11.6. The highest BCUT2D eigenvalue weighted by atomic mass is 32.2. The molecule has 0 atom stereocenters. The van der Waals surface area contributed by atoms with Gasteiger partial charge in [-0.25, -0.2) is 0 Å². The second-order valence-corrected chi connectivity index (χ2v) is 10.0. The molecule has 0 spiro atoms. The van der Waals surface area contributed by atoms with Gasteiger partial charge in [-0.2, -0.15) is 5.26 Å². The van der Waals surface area contributed by atoms with Crippen LogP contribution in [0, 0.1) is 25.2 Å². The van der Waals surface area contributed by atoms with Crippen LogP contribution in [0.25, 0.3) is 11.1 Å². The third-order valence-corrected chi connectivity index (χ3v) is 8.06. The van der Waals surface area contributed by atoms with Crippen LogP contribution in [0.3, 0.4) is 0 Å². The summed E-state index contributed by atoms with van der Waals surface area (Å²) in [5.74, 6) is -0.0750. The number of hydrogen-bond donors (Lipinski definition) is 0. The molecular weight excluding hydrogens is 418 g/mol. The molecule has 0 radical (unpaired) electrons. The van der Waals surface area contributed by atoms with Gasteiger partial charge in [-0.1, -0.05) is 30.1 Å². The van der Waals surface area contributed by atoms with Crippen molar-refractivity contribution in [3.63, 3.8) is 0 Å². The zero-order chi connectivity index (χ0) is 20.7. The Balaban J connectivity index is 1.77. The summed E-state index contributed by atoms with van der Waals surface area (Å²) in [4.78, 5) is 16.2. The van der Waals surface area contributed by atoms with Gasteiger partial charge >= 0.3 is 0 Å². The van der Waals surface area contributed by atoms with Crippen LogP contribution >= 0.6 is 35.3 Å². The molecule has 0 bridgehead atoms. The van der Waals surface area contributed by atoms with Gasteiger partial charge in [0, 0.05) is 22.8 Å². The van der Waals surface area contributed by atoms with E-state index in [9.17, 15) is 10.1 Å². The lowest BCUT2D eigenvalue weighted by Crippen LogP contribution is -2.27. The van der Waals surface area contributed by atoms with Crippen molar-refractivity contribution < 1.29 is 4.79 Å². The zero-order valence-electron chi connectivity index (χ0n) is 16.4. The van der Waals surface area contributed by atoms with Crippen LogP contribution in [-0.4, -0.2) is 26.2 Å². The number of thioether (sulfide) groups is 1. The van der Waals surface area contributed by atoms with Crippen molar-refractivity contribution >= 4 is 51.6 Å². The van der Waals surface area contributed by atoms with E-state index in [2.05, 4.69) is 23.3 Å². The van der Waals surface area contributed by atoms with E-state index in [4.69, 9.17) is 12.2 Å². The number of thiophene rings is 1. The average molecular weight is 440 g/mol. The molecule has 1 saturated heterocycles. The van der Waals surface area contributed by atoms with E-state index in [-0.39, 0.29) is 5.91 Å². The van der Waals surface area contributed by atoms with E-state index in [1.807, 2.05) is 19.9 Å². The van der Waals surface area contributed by atoms with Gasteiger partial charge in [0.2, 0.25) is 0 Å². The number of rotatable bonds is 4. The maximum absolute atomic E-state index is 12.7. The van der Waals surface area contributed by atoms with Crippen LogP contribution in [0.15, 0.2) is 23.6 Å². The Hall–Kier alpha value is -2.14. The lowest BCUT2D eigenvalue weighted by Gasteiger charge is -2.10. The van der Waals surface area contributed by atoms with Gasteiger partial charge in [0.05, 0.1) is 10.5 Å². The van der Waals surface area contributed by atoms with E-state index in [1.165, 1.54) is 28.6 Å². The fourth-order valence-corrected chi connectivity index (χ4v) is 6.71. The number of thiocarbonyl (C=S) groups is 1. The monoisotopic (exact) mass is 439 g/mol. The maximum atomic E-state index is 12.7. The number of aromatic nitrogens is 1. The molecule has 0 unspecified atom stereocenters. The minimum atomic E-state index is -0.0750. The van der Waals surface area contributed by atoms with Crippen LogP contribution in [-0.2, 0) is 17.6 Å². The first-order chi connectivity index (χ1) is 14.0. The molecule has 0 aromatic carbocycles. The highest BCUT2D eigenvalue weighted by Crippen LogP contribution is 2.39. The number of amides is 1. The average Bonchev–Trinajstić information content (AvgIpc) is 3.29. The molecule has 2 aromatic heterocycles. The van der Waals surface area contributed by atoms with Crippen LogP contribution < -0.4 is 0 Å². The van der Waals surface area contributed by atoms with Crippen LogP contribution in [0.5, 0.6) is 0 Å². The normalized spacial score (nSPS) is 17.7. The van der Waals surface area contributed by atoms with Crippen molar-refractivity contribution in [2.75, 3.05) is 6.54 Å². The largest absolute Gasteiger partial charge is 0.308 e. The lowest BCUT2D eigenvalue weighted by molar-refractivity contribution is -0.121. The Morgan fingerprint density at radius 2 is 2.10 bits per heavy atom. The SMILES string of the molecule is C=CCN1C(=O)/C(=C\c2cc(C)n(-c3sc4c(c3C#N)CCCC4)c2C)SC1=S. The number of carbonyl (C=O) groups is 1. The predicted molar refractivity (Wildman–Crippen MR) is 125 cm³/mol. The minimum Gasteiger partial charge on any atom is -0.308 e. The number of fused-ring (bicyclic) bond motifs is 1. The molecule has 4 rings (SSSR count). The van der Waals surface area contributed by atoms with Gasteiger partial charge in [-0.15, -0.1) is 17.9 Å². The second kappa shape index (κ2) is 7.94. The molecule has 1 aliphatic carbocycles.